The molecule has 3 aromatic rings. The Balaban J connectivity index is 1.67. The highest BCUT2D eigenvalue weighted by Crippen LogP contribution is 2.37. The molecule has 2 aromatic heterocycles. The summed E-state index contributed by atoms with van der Waals surface area (Å²) in [6, 6.07) is 3.28. The number of carbonyl (C=O) groups is 1. The van der Waals surface area contributed by atoms with Gasteiger partial charge in [0.05, 0.1) is 40.4 Å². The maximum absolute atomic E-state index is 13.2. The van der Waals surface area contributed by atoms with E-state index in [1.165, 1.54) is 11.3 Å². The molecule has 31 heavy (non-hydrogen) atoms. The van der Waals surface area contributed by atoms with E-state index in [0.717, 1.165) is 10.6 Å². The molecule has 0 aliphatic carbocycles. The highest BCUT2D eigenvalue weighted by molar-refractivity contribution is 7.09. The van der Waals surface area contributed by atoms with Crippen molar-refractivity contribution in [2.45, 2.75) is 38.8 Å². The summed E-state index contributed by atoms with van der Waals surface area (Å²) in [6.45, 7) is 12.2. The minimum atomic E-state index is -0.717. The van der Waals surface area contributed by atoms with Gasteiger partial charge < -0.3 is 24.3 Å². The summed E-state index contributed by atoms with van der Waals surface area (Å²) in [7, 11) is 0. The number of hydrogen-bond donors (Lipinski definition) is 2. The molecule has 9 heteroatoms. The minimum absolute atomic E-state index is 0.165. The fourth-order valence-corrected chi connectivity index (χ4v) is 4.40. The maximum Gasteiger partial charge on any atom is 0.255 e. The number of amides is 1. The van der Waals surface area contributed by atoms with Crippen LogP contribution in [0.4, 0.5) is 5.69 Å². The van der Waals surface area contributed by atoms with E-state index in [1.807, 2.05) is 6.92 Å². The molecule has 1 aliphatic rings. The van der Waals surface area contributed by atoms with E-state index >= 15 is 0 Å². The summed E-state index contributed by atoms with van der Waals surface area (Å²) < 4.78 is 17.1. The average Bonchev–Trinajstić information content (AvgIpc) is 3.33. The lowest BCUT2D eigenvalue weighted by atomic mass is 9.90. The van der Waals surface area contributed by atoms with Crippen molar-refractivity contribution in [2.24, 2.45) is 0 Å². The van der Waals surface area contributed by atoms with E-state index in [0.29, 0.717) is 59.8 Å². The summed E-state index contributed by atoms with van der Waals surface area (Å²) >= 11 is 1.49. The monoisotopic (exact) mass is 441 g/mol. The molecular formula is C22H23N3O5S. The Morgan fingerprint density at radius 1 is 1.39 bits per heavy atom. The smallest absolute Gasteiger partial charge is 0.255 e. The van der Waals surface area contributed by atoms with Gasteiger partial charge >= 0.3 is 0 Å². The van der Waals surface area contributed by atoms with Gasteiger partial charge in [-0.3, -0.25) is 4.79 Å². The highest BCUT2D eigenvalue weighted by Gasteiger charge is 2.35. The Morgan fingerprint density at radius 3 is 2.81 bits per heavy atom. The second kappa shape index (κ2) is 8.67. The van der Waals surface area contributed by atoms with Crippen LogP contribution in [0.3, 0.4) is 0 Å². The number of furan rings is 1. The molecule has 1 fully saturated rings. The van der Waals surface area contributed by atoms with Gasteiger partial charge in [0, 0.05) is 18.6 Å². The molecule has 2 N–H and O–H groups in total. The van der Waals surface area contributed by atoms with E-state index in [-0.39, 0.29) is 19.1 Å². The van der Waals surface area contributed by atoms with Gasteiger partial charge in [-0.1, -0.05) is 0 Å². The number of ether oxygens (including phenoxy) is 2. The number of aliphatic hydroxyl groups is 1. The topological polar surface area (TPSA) is 98.2 Å². The molecule has 0 unspecified atom stereocenters. The first kappa shape index (κ1) is 21.3. The molecule has 162 valence electrons. The molecule has 8 nitrogen and oxygen atoms in total. The van der Waals surface area contributed by atoms with E-state index in [4.69, 9.17) is 20.5 Å². The van der Waals surface area contributed by atoms with Gasteiger partial charge in [-0.25, -0.2) is 9.83 Å². The van der Waals surface area contributed by atoms with Crippen LogP contribution in [0.1, 0.15) is 39.5 Å². The van der Waals surface area contributed by atoms with Gasteiger partial charge in [-0.05, 0) is 38.8 Å². The third-order valence-electron chi connectivity index (χ3n) is 5.63. The SMILES string of the molecule is [C-]#[N+]c1cc2oc(C)c(C(=O)NC3(CO)CCOCC3)c2cc1OCc1scnc1C. The van der Waals surface area contributed by atoms with Crippen LogP contribution in [0, 0.1) is 20.4 Å². The van der Waals surface area contributed by atoms with Crippen molar-refractivity contribution < 1.29 is 23.8 Å². The standard InChI is InChI=1S/C22H23N3O5S/c1-13-19(31-12-24-13)10-29-18-8-15-17(9-16(18)23-3)30-14(2)20(15)21(27)25-22(11-26)4-6-28-7-5-22/h8-9,12,26H,4-7,10-11H2,1-2H3,(H,25,27). The Bertz CT molecular complexity index is 1150. The van der Waals surface area contributed by atoms with Crippen LogP contribution < -0.4 is 10.1 Å². The Morgan fingerprint density at radius 2 is 2.16 bits per heavy atom. The van der Waals surface area contributed by atoms with Crippen LogP contribution in [0.15, 0.2) is 22.1 Å². The van der Waals surface area contributed by atoms with Crippen molar-refractivity contribution >= 4 is 33.9 Å². The van der Waals surface area contributed by atoms with E-state index in [9.17, 15) is 9.90 Å². The number of aryl methyl sites for hydroxylation is 2. The predicted molar refractivity (Wildman–Crippen MR) is 116 cm³/mol. The lowest BCUT2D eigenvalue weighted by Crippen LogP contribution is -2.54. The summed E-state index contributed by atoms with van der Waals surface area (Å²) in [6.07, 6.45) is 1.07. The Hall–Kier alpha value is -2.93. The fourth-order valence-electron chi connectivity index (χ4n) is 3.72. The predicted octanol–water partition coefficient (Wildman–Crippen LogP) is 3.91. The lowest BCUT2D eigenvalue weighted by molar-refractivity contribution is 0.0125. The van der Waals surface area contributed by atoms with Crippen LogP contribution >= 0.6 is 11.3 Å². The zero-order chi connectivity index (χ0) is 22.0. The number of benzene rings is 1. The zero-order valence-corrected chi connectivity index (χ0v) is 18.2. The van der Waals surface area contributed by atoms with E-state index in [2.05, 4.69) is 15.1 Å². The Kier molecular flexibility index (Phi) is 5.96. The average molecular weight is 442 g/mol. The van der Waals surface area contributed by atoms with Crippen molar-refractivity contribution in [1.29, 1.82) is 0 Å². The number of nitrogens with zero attached hydrogens (tertiary/aromatic N) is 2. The van der Waals surface area contributed by atoms with Crippen LogP contribution in [-0.2, 0) is 11.3 Å². The third-order valence-corrected chi connectivity index (χ3v) is 6.54. The molecule has 0 atom stereocenters. The number of hydrogen-bond acceptors (Lipinski definition) is 7. The number of thiazole rings is 1. The summed E-state index contributed by atoms with van der Waals surface area (Å²) in [5, 5.41) is 13.5. The second-order valence-corrected chi connectivity index (χ2v) is 8.56. The molecule has 1 aromatic carbocycles. The third kappa shape index (κ3) is 4.14. The van der Waals surface area contributed by atoms with Crippen LogP contribution in [-0.4, -0.2) is 41.4 Å². The maximum atomic E-state index is 13.2. The first-order chi connectivity index (χ1) is 15.0. The minimum Gasteiger partial charge on any atom is -0.499 e. The van der Waals surface area contributed by atoms with Crippen molar-refractivity contribution in [3.05, 3.63) is 51.0 Å². The van der Waals surface area contributed by atoms with Gasteiger partial charge in [-0.15, -0.1) is 11.3 Å². The molecule has 1 aliphatic heterocycles. The molecule has 0 saturated carbocycles. The molecule has 3 heterocycles. The van der Waals surface area contributed by atoms with E-state index in [1.54, 1.807) is 24.6 Å². The number of fused-ring (bicyclic) bond motifs is 1. The molecule has 1 amide bonds. The van der Waals surface area contributed by atoms with Gasteiger partial charge in [-0.2, -0.15) is 0 Å². The van der Waals surface area contributed by atoms with Crippen LogP contribution in [0.25, 0.3) is 15.8 Å². The molecule has 0 bridgehead atoms. The normalized spacial score (nSPS) is 15.5. The van der Waals surface area contributed by atoms with Gasteiger partial charge in [0.2, 0.25) is 5.69 Å². The fraction of sp³-hybridized carbons (Fsp3) is 0.409. The first-order valence-corrected chi connectivity index (χ1v) is 10.8. The van der Waals surface area contributed by atoms with Crippen molar-refractivity contribution in [3.8, 4) is 5.75 Å². The van der Waals surface area contributed by atoms with Crippen molar-refractivity contribution in [1.82, 2.24) is 10.3 Å². The number of rotatable bonds is 6. The number of aromatic nitrogens is 1. The summed E-state index contributed by atoms with van der Waals surface area (Å²) in [5.74, 6) is 0.499. The quantitative estimate of drug-likeness (QED) is 0.563. The van der Waals surface area contributed by atoms with Crippen LogP contribution in [0.5, 0.6) is 5.75 Å². The summed E-state index contributed by atoms with van der Waals surface area (Å²) in [5.41, 5.74) is 3.06. The number of aliphatic hydroxyl groups excluding tert-OH is 1. The lowest BCUT2D eigenvalue weighted by Gasteiger charge is -2.36. The van der Waals surface area contributed by atoms with Gasteiger partial charge in [0.15, 0.2) is 0 Å². The second-order valence-electron chi connectivity index (χ2n) is 7.62. The van der Waals surface area contributed by atoms with Crippen molar-refractivity contribution in [2.75, 3.05) is 19.8 Å². The van der Waals surface area contributed by atoms with Crippen LogP contribution in [0.2, 0.25) is 0 Å². The molecule has 4 rings (SSSR count). The van der Waals surface area contributed by atoms with Crippen molar-refractivity contribution in [3.63, 3.8) is 0 Å². The largest absolute Gasteiger partial charge is 0.499 e. The Labute approximate surface area is 183 Å². The van der Waals surface area contributed by atoms with Gasteiger partial charge in [0.1, 0.15) is 23.7 Å². The molecule has 1 saturated heterocycles. The zero-order valence-electron chi connectivity index (χ0n) is 17.4. The van der Waals surface area contributed by atoms with E-state index < -0.39 is 5.54 Å². The summed E-state index contributed by atoms with van der Waals surface area (Å²) in [4.78, 5) is 21.9. The first-order valence-electron chi connectivity index (χ1n) is 9.94. The number of nitrogens with one attached hydrogen (secondary N) is 1. The molecule has 0 radical (unpaired) electrons. The number of carbonyl (C=O) groups excluding carboxylic acids is 1. The molecular weight excluding hydrogens is 418 g/mol. The highest BCUT2D eigenvalue weighted by atomic mass is 32.1. The van der Waals surface area contributed by atoms with Gasteiger partial charge in [0.25, 0.3) is 5.91 Å². The molecule has 0 spiro atoms.